The molecule has 0 heterocycles. The van der Waals surface area contributed by atoms with Crippen LogP contribution in [0.5, 0.6) is 0 Å². The second kappa shape index (κ2) is 17.3. The third-order valence-corrected chi connectivity index (χ3v) is 19.3. The van der Waals surface area contributed by atoms with Gasteiger partial charge in [0.05, 0.1) is 0 Å². The van der Waals surface area contributed by atoms with Gasteiger partial charge in [0.15, 0.2) is 0 Å². The van der Waals surface area contributed by atoms with E-state index >= 15 is 0 Å². The number of hydrogen-bond donors (Lipinski definition) is 0. The summed E-state index contributed by atoms with van der Waals surface area (Å²) in [7, 11) is 0. The minimum atomic E-state index is -3.08. The first-order valence-corrected chi connectivity index (χ1v) is 23.4. The van der Waals surface area contributed by atoms with Gasteiger partial charge in [-0.1, -0.05) is 0 Å². The van der Waals surface area contributed by atoms with Crippen LogP contribution < -0.4 is 28.1 Å². The molecule has 8 rings (SSSR count). The molecule has 0 saturated heterocycles. The molecule has 0 nitrogen and oxygen atoms in total. The minimum Gasteiger partial charge on any atom is -1.00 e. The van der Waals surface area contributed by atoms with E-state index in [1.54, 1.807) is 15.3 Å². The molecule has 0 bridgehead atoms. The topological polar surface area (TPSA) is 0 Å². The van der Waals surface area contributed by atoms with Gasteiger partial charge in [0.1, 0.15) is 0 Å². The number of halogens is 2. The molecule has 0 saturated carbocycles. The van der Waals surface area contributed by atoms with Gasteiger partial charge in [0.2, 0.25) is 0 Å². The fourth-order valence-corrected chi connectivity index (χ4v) is 17.7. The third-order valence-electron chi connectivity index (χ3n) is 11.6. The van der Waals surface area contributed by atoms with Crippen LogP contribution in [0, 0.1) is 0 Å². The first-order chi connectivity index (χ1) is 26.1. The predicted molar refractivity (Wildman–Crippen MR) is 228 cm³/mol. The molecule has 6 aromatic rings. The van der Waals surface area contributed by atoms with E-state index in [2.05, 4.69) is 211 Å². The van der Waals surface area contributed by atoms with Crippen molar-refractivity contribution in [3.8, 4) is 11.1 Å². The third kappa shape index (κ3) is 8.39. The van der Waals surface area contributed by atoms with E-state index in [1.807, 2.05) is 0 Å². The van der Waals surface area contributed by atoms with E-state index in [-0.39, 0.29) is 47.5 Å². The maximum absolute atomic E-state index is 3.08. The van der Waals surface area contributed by atoms with Crippen LogP contribution in [0.2, 0.25) is 0 Å². The molecule has 282 valence electrons. The van der Waals surface area contributed by atoms with Gasteiger partial charge in [-0.3, -0.25) is 0 Å². The number of allylic oxidation sites excluding steroid dienone is 4. The summed E-state index contributed by atoms with van der Waals surface area (Å²) in [6.45, 7) is 14.2. The number of rotatable bonds is 8. The summed E-state index contributed by atoms with van der Waals surface area (Å²) >= 11 is -3.08. The molecule has 2 aliphatic carbocycles. The van der Waals surface area contributed by atoms with Crippen LogP contribution in [-0.2, 0) is 38.5 Å². The average Bonchev–Trinajstić information content (AvgIpc) is 3.85. The molecular weight excluding hydrogens is 799 g/mol. The van der Waals surface area contributed by atoms with E-state index in [9.17, 15) is 0 Å². The van der Waals surface area contributed by atoms with Gasteiger partial charge in [0, 0.05) is 0 Å². The van der Waals surface area contributed by atoms with Crippen molar-refractivity contribution in [3.05, 3.63) is 218 Å². The van der Waals surface area contributed by atoms with E-state index < -0.39 is 21.3 Å². The summed E-state index contributed by atoms with van der Waals surface area (Å²) in [5.74, 6) is 0.248. The average molecular weight is 851 g/mol. The molecule has 3 heteroatoms. The van der Waals surface area contributed by atoms with E-state index in [1.165, 1.54) is 50.1 Å². The molecule has 6 aromatic carbocycles. The van der Waals surface area contributed by atoms with Crippen molar-refractivity contribution in [2.75, 3.05) is 0 Å². The van der Waals surface area contributed by atoms with Crippen LogP contribution in [0.4, 0.5) is 0 Å². The molecule has 0 amide bonds. The van der Waals surface area contributed by atoms with Crippen molar-refractivity contribution in [3.63, 3.8) is 0 Å². The zero-order valence-corrected chi connectivity index (χ0v) is 37.5. The van der Waals surface area contributed by atoms with Crippen molar-refractivity contribution in [2.24, 2.45) is 0 Å². The summed E-state index contributed by atoms with van der Waals surface area (Å²) in [6, 6.07) is 58.3. The Kier molecular flexibility index (Phi) is 12.9. The van der Waals surface area contributed by atoms with Gasteiger partial charge in [-0.25, -0.2) is 0 Å². The molecule has 0 aliphatic heterocycles. The Morgan fingerprint density at radius 3 is 1.38 bits per heavy atom. The zero-order chi connectivity index (χ0) is 37.5. The van der Waals surface area contributed by atoms with Crippen LogP contribution in [0.3, 0.4) is 0 Å². The first-order valence-electron chi connectivity index (χ1n) is 19.7. The Balaban J connectivity index is 0.00000266. The molecule has 0 N–H and O–H groups in total. The summed E-state index contributed by atoms with van der Waals surface area (Å²) in [4.78, 5) is 0. The van der Waals surface area contributed by atoms with Gasteiger partial charge in [-0.2, -0.15) is 0 Å². The van der Waals surface area contributed by atoms with Gasteiger partial charge < -0.3 is 24.8 Å². The van der Waals surface area contributed by atoms with E-state index in [4.69, 9.17) is 0 Å². The SMILES string of the molecule is CC(C)(C)c1ccc2c(c1)-c1cc(C(C)(C)C)c[c]([Zr+2]([C]3=CC=CC3)=[C](C(c3ccccc3)c3ccccc3)C(c3ccccc3)c3ccccc3)c1C2.[Cl-].[Cl-]. The number of fused-ring (bicyclic) bond motifs is 3. The minimum absolute atomic E-state index is 0. The molecule has 0 fully saturated rings. The number of benzene rings is 6. The van der Waals surface area contributed by atoms with Crippen molar-refractivity contribution < 1.29 is 46.1 Å². The zero-order valence-electron chi connectivity index (χ0n) is 33.5. The van der Waals surface area contributed by atoms with Crippen molar-refractivity contribution in [1.29, 1.82) is 0 Å². The second-order valence-electron chi connectivity index (χ2n) is 17.3. The van der Waals surface area contributed by atoms with Gasteiger partial charge >= 0.3 is 334 Å². The molecule has 0 atom stereocenters. The van der Waals surface area contributed by atoms with Crippen molar-refractivity contribution in [2.45, 2.75) is 77.0 Å². The Morgan fingerprint density at radius 2 is 0.964 bits per heavy atom. The maximum atomic E-state index is 2.70. The van der Waals surface area contributed by atoms with E-state index in [0.717, 1.165) is 12.8 Å². The molecule has 0 radical (unpaired) electrons. The van der Waals surface area contributed by atoms with Crippen LogP contribution in [0.15, 0.2) is 173 Å². The van der Waals surface area contributed by atoms with Crippen LogP contribution in [-0.4, -0.2) is 3.21 Å². The second-order valence-corrected chi connectivity index (χ2v) is 23.4. The molecular formula is C53H52Cl2Zr. The molecule has 2 aliphatic rings. The van der Waals surface area contributed by atoms with Crippen molar-refractivity contribution >= 4 is 6.48 Å². The molecule has 56 heavy (non-hydrogen) atoms. The smallest absolute Gasteiger partial charge is 1.00 e. The van der Waals surface area contributed by atoms with Crippen molar-refractivity contribution in [1.82, 2.24) is 0 Å². The fourth-order valence-electron chi connectivity index (χ4n) is 8.68. The monoisotopic (exact) mass is 848 g/mol. The molecule has 0 spiro atoms. The van der Waals surface area contributed by atoms with Crippen LogP contribution in [0.25, 0.3) is 11.1 Å². The van der Waals surface area contributed by atoms with Gasteiger partial charge in [0.25, 0.3) is 0 Å². The summed E-state index contributed by atoms with van der Waals surface area (Å²) in [5.41, 5.74) is 14.4. The quantitative estimate of drug-likeness (QED) is 0.158. The number of hydrogen-bond acceptors (Lipinski definition) is 0. The Bertz CT molecular complexity index is 2210. The van der Waals surface area contributed by atoms with Crippen LogP contribution >= 0.6 is 0 Å². The Hall–Kier alpha value is -3.87. The molecule has 0 unspecified atom stereocenters. The van der Waals surface area contributed by atoms with E-state index in [0.29, 0.717) is 0 Å². The normalized spacial score (nSPS) is 12.9. The Morgan fingerprint density at radius 1 is 0.518 bits per heavy atom. The summed E-state index contributed by atoms with van der Waals surface area (Å²) in [6.07, 6.45) is 9.29. The summed E-state index contributed by atoms with van der Waals surface area (Å²) in [5, 5.41) is 0. The van der Waals surface area contributed by atoms with Gasteiger partial charge in [-0.05, 0) is 0 Å². The first kappa shape index (κ1) is 41.8. The fraction of sp³-hybridized carbons (Fsp3) is 0.226. The Labute approximate surface area is 355 Å². The van der Waals surface area contributed by atoms with Gasteiger partial charge in [-0.15, -0.1) is 0 Å². The maximum Gasteiger partial charge on any atom is -1.00 e. The predicted octanol–water partition coefficient (Wildman–Crippen LogP) is 6.78. The largest absolute Gasteiger partial charge is 1.00 e. The van der Waals surface area contributed by atoms with Crippen LogP contribution in [0.1, 0.15) is 104 Å². The summed E-state index contributed by atoms with van der Waals surface area (Å²) < 4.78 is 5.04. The standard InChI is InChI=1S/C27H22.C21H25.C5H5.2ClH.Zr/c1-5-13-22(14-6-1)26(23-15-7-2-8-16-23)21-27(24-17-9-3-10-18-24)25-19-11-4-12-20-25;1-20(2,3)16-9-7-14-11-15-8-10-17(21(4,5)6)13-19(15)18(14)12-16;1-2-4-5-3-1;;;/h1-20,26-27H;7,9-10,12-13H,11H2,1-6H3;1-3H,4H2;2*1H;/q;;;;;+2/p-2. The molecule has 0 aromatic heterocycles.